The summed E-state index contributed by atoms with van der Waals surface area (Å²) in [5.74, 6) is 0.0960. The number of carbonyl (C=O) groups is 1. The number of ether oxygens (including phenoxy) is 2. The van der Waals surface area contributed by atoms with Crippen molar-refractivity contribution in [1.82, 2.24) is 4.57 Å². The molecule has 180 valence electrons. The van der Waals surface area contributed by atoms with Crippen LogP contribution in [0.25, 0.3) is 6.08 Å². The van der Waals surface area contributed by atoms with E-state index in [0.717, 1.165) is 0 Å². The minimum atomic E-state index is -0.742. The van der Waals surface area contributed by atoms with Crippen molar-refractivity contribution in [3.63, 3.8) is 0 Å². The summed E-state index contributed by atoms with van der Waals surface area (Å²) in [5, 5.41) is 10.6. The second-order valence-electron chi connectivity index (χ2n) is 7.67. The van der Waals surface area contributed by atoms with Gasteiger partial charge in [-0.25, -0.2) is 9.79 Å². The van der Waals surface area contributed by atoms with Crippen LogP contribution in [0.5, 0.6) is 11.5 Å². The Balaban J connectivity index is 1.91. The highest BCUT2D eigenvalue weighted by Crippen LogP contribution is 2.31. The Morgan fingerprint density at radius 3 is 2.71 bits per heavy atom. The van der Waals surface area contributed by atoms with Crippen LogP contribution in [-0.2, 0) is 9.53 Å². The fourth-order valence-corrected chi connectivity index (χ4v) is 5.01. The molecule has 0 aliphatic carbocycles. The van der Waals surface area contributed by atoms with E-state index in [1.807, 2.05) is 0 Å². The quantitative estimate of drug-likeness (QED) is 0.386. The van der Waals surface area contributed by atoms with Gasteiger partial charge in [0.05, 0.1) is 28.5 Å². The highest BCUT2D eigenvalue weighted by molar-refractivity contribution is 7.07. The number of aromatic nitrogens is 1. The first-order chi connectivity index (χ1) is 16.8. The normalized spacial score (nSPS) is 15.4. The van der Waals surface area contributed by atoms with Gasteiger partial charge in [-0.05, 0) is 55.8 Å². The van der Waals surface area contributed by atoms with Gasteiger partial charge in [0, 0.05) is 10.6 Å². The van der Waals surface area contributed by atoms with E-state index in [9.17, 15) is 14.7 Å². The standard InChI is InChI=1S/C26H23ClN2O5S/c1-4-12-34-19-9-6-16(7-10-19)23-22(25(32)33-5-2)15(3)28-26-29(23)24(31)21(35-26)14-17-13-18(27)8-11-20(17)30/h4,6-11,13-14,23,30H,1,5,12H2,2-3H3/b21-14-/t23-/m0/s1. The molecule has 0 radical (unpaired) electrons. The zero-order chi connectivity index (χ0) is 25.1. The fraction of sp³-hybridized carbons (Fsp3) is 0.192. The summed E-state index contributed by atoms with van der Waals surface area (Å²) in [4.78, 5) is 31.5. The maximum absolute atomic E-state index is 13.6. The van der Waals surface area contributed by atoms with E-state index < -0.39 is 12.0 Å². The summed E-state index contributed by atoms with van der Waals surface area (Å²) >= 11 is 7.24. The lowest BCUT2D eigenvalue weighted by Crippen LogP contribution is -2.39. The molecule has 1 atom stereocenters. The summed E-state index contributed by atoms with van der Waals surface area (Å²) in [6.07, 6.45) is 3.21. The smallest absolute Gasteiger partial charge is 0.338 e. The van der Waals surface area contributed by atoms with E-state index in [-0.39, 0.29) is 23.5 Å². The van der Waals surface area contributed by atoms with Gasteiger partial charge < -0.3 is 14.6 Å². The number of benzene rings is 2. The van der Waals surface area contributed by atoms with Crippen molar-refractivity contribution in [3.05, 3.63) is 102 Å². The molecule has 1 aliphatic heterocycles. The number of esters is 1. The van der Waals surface area contributed by atoms with Crippen LogP contribution in [0, 0.1) is 0 Å². The van der Waals surface area contributed by atoms with Crippen molar-refractivity contribution < 1.29 is 19.4 Å². The van der Waals surface area contributed by atoms with Crippen LogP contribution < -0.4 is 19.6 Å². The molecular formula is C26H23ClN2O5S. The molecule has 3 aromatic rings. The third-order valence-electron chi connectivity index (χ3n) is 5.36. The van der Waals surface area contributed by atoms with Crippen molar-refractivity contribution in [2.45, 2.75) is 19.9 Å². The summed E-state index contributed by atoms with van der Waals surface area (Å²) in [6, 6.07) is 11.0. The number of aromatic hydroxyl groups is 1. The van der Waals surface area contributed by atoms with E-state index in [0.29, 0.717) is 43.5 Å². The van der Waals surface area contributed by atoms with Crippen LogP contribution in [0.4, 0.5) is 0 Å². The number of carbonyl (C=O) groups excluding carboxylic acids is 1. The SMILES string of the molecule is C=CCOc1ccc([C@H]2C(C(=O)OCC)=C(C)N=c3s/c(=C\c4cc(Cl)ccc4O)c(=O)n32)cc1. The minimum absolute atomic E-state index is 0.00436. The van der Waals surface area contributed by atoms with Gasteiger partial charge in [0.2, 0.25) is 0 Å². The molecule has 0 saturated heterocycles. The van der Waals surface area contributed by atoms with Crippen molar-refractivity contribution in [1.29, 1.82) is 0 Å². The Morgan fingerprint density at radius 2 is 2.03 bits per heavy atom. The topological polar surface area (TPSA) is 90.1 Å². The van der Waals surface area contributed by atoms with Crippen molar-refractivity contribution >= 4 is 35.0 Å². The number of phenolic OH excluding ortho intramolecular Hbond substituents is 1. The Kier molecular flexibility index (Phi) is 7.23. The number of hydrogen-bond acceptors (Lipinski definition) is 7. The van der Waals surface area contributed by atoms with Gasteiger partial charge in [0.25, 0.3) is 5.56 Å². The first-order valence-corrected chi connectivity index (χ1v) is 12.0. The molecule has 2 heterocycles. The number of phenols is 1. The van der Waals surface area contributed by atoms with Crippen molar-refractivity contribution in [3.8, 4) is 11.5 Å². The third-order valence-corrected chi connectivity index (χ3v) is 6.57. The maximum atomic E-state index is 13.6. The molecular weight excluding hydrogens is 488 g/mol. The average molecular weight is 511 g/mol. The van der Waals surface area contributed by atoms with Gasteiger partial charge >= 0.3 is 5.97 Å². The summed E-state index contributed by atoms with van der Waals surface area (Å²) < 4.78 is 12.7. The monoisotopic (exact) mass is 510 g/mol. The van der Waals surface area contributed by atoms with Gasteiger partial charge in [-0.2, -0.15) is 0 Å². The molecule has 1 aromatic heterocycles. The Labute approximate surface area is 210 Å². The minimum Gasteiger partial charge on any atom is -0.507 e. The molecule has 2 aromatic carbocycles. The Hall–Kier alpha value is -3.62. The highest BCUT2D eigenvalue weighted by Gasteiger charge is 2.33. The Bertz CT molecular complexity index is 1500. The maximum Gasteiger partial charge on any atom is 0.338 e. The number of rotatable bonds is 7. The fourth-order valence-electron chi connectivity index (χ4n) is 3.79. The highest BCUT2D eigenvalue weighted by atomic mass is 35.5. The lowest BCUT2D eigenvalue weighted by molar-refractivity contribution is -0.139. The summed E-state index contributed by atoms with van der Waals surface area (Å²) in [6.45, 7) is 7.64. The molecule has 7 nitrogen and oxygen atoms in total. The Morgan fingerprint density at radius 1 is 1.29 bits per heavy atom. The van der Waals surface area contributed by atoms with Crippen molar-refractivity contribution in [2.24, 2.45) is 4.99 Å². The van der Waals surface area contributed by atoms with Gasteiger partial charge in [0.15, 0.2) is 4.80 Å². The van der Waals surface area contributed by atoms with Gasteiger partial charge in [-0.3, -0.25) is 9.36 Å². The number of nitrogens with zero attached hydrogens (tertiary/aromatic N) is 2. The summed E-state index contributed by atoms with van der Waals surface area (Å²) in [7, 11) is 0. The molecule has 0 fully saturated rings. The van der Waals surface area contributed by atoms with E-state index in [1.54, 1.807) is 62.4 Å². The van der Waals surface area contributed by atoms with Crippen LogP contribution in [0.2, 0.25) is 5.02 Å². The molecule has 1 N–H and O–H groups in total. The zero-order valence-corrected chi connectivity index (χ0v) is 20.7. The first kappa shape index (κ1) is 24.5. The lowest BCUT2D eigenvalue weighted by atomic mass is 9.96. The van der Waals surface area contributed by atoms with Crippen LogP contribution in [0.15, 0.2) is 76.2 Å². The number of hydrogen-bond donors (Lipinski definition) is 1. The van der Waals surface area contributed by atoms with Gasteiger partial charge in [0.1, 0.15) is 18.1 Å². The average Bonchev–Trinajstić information content (AvgIpc) is 3.14. The van der Waals surface area contributed by atoms with Gasteiger partial charge in [-0.15, -0.1) is 0 Å². The molecule has 0 bridgehead atoms. The zero-order valence-electron chi connectivity index (χ0n) is 19.2. The lowest BCUT2D eigenvalue weighted by Gasteiger charge is -2.24. The van der Waals surface area contributed by atoms with Crippen LogP contribution >= 0.6 is 22.9 Å². The number of fused-ring (bicyclic) bond motifs is 1. The van der Waals surface area contributed by atoms with Crippen molar-refractivity contribution in [2.75, 3.05) is 13.2 Å². The van der Waals surface area contributed by atoms with Crippen LogP contribution in [-0.4, -0.2) is 28.9 Å². The number of allylic oxidation sites excluding steroid dienone is 1. The van der Waals surface area contributed by atoms with E-state index in [2.05, 4.69) is 11.6 Å². The molecule has 1 aliphatic rings. The largest absolute Gasteiger partial charge is 0.507 e. The van der Waals surface area contributed by atoms with Gasteiger partial charge in [-0.1, -0.05) is 47.7 Å². The number of thiazole rings is 1. The molecule has 9 heteroatoms. The van der Waals surface area contributed by atoms with E-state index in [1.165, 1.54) is 22.0 Å². The van der Waals surface area contributed by atoms with Crippen LogP contribution in [0.3, 0.4) is 0 Å². The van der Waals surface area contributed by atoms with E-state index in [4.69, 9.17) is 21.1 Å². The van der Waals surface area contributed by atoms with Crippen LogP contribution in [0.1, 0.15) is 31.0 Å². The second-order valence-corrected chi connectivity index (χ2v) is 9.12. The predicted octanol–water partition coefficient (Wildman–Crippen LogP) is 3.72. The molecule has 35 heavy (non-hydrogen) atoms. The molecule has 0 spiro atoms. The molecule has 0 saturated carbocycles. The summed E-state index contributed by atoms with van der Waals surface area (Å²) in [5.41, 5.74) is 1.52. The second kappa shape index (κ2) is 10.3. The molecule has 0 amide bonds. The first-order valence-electron chi connectivity index (χ1n) is 10.9. The molecule has 4 rings (SSSR count). The third kappa shape index (κ3) is 4.94. The predicted molar refractivity (Wildman–Crippen MR) is 136 cm³/mol. The molecule has 0 unspecified atom stereocenters. The van der Waals surface area contributed by atoms with E-state index >= 15 is 0 Å². The number of halogens is 1.